The molecule has 0 N–H and O–H groups in total. The van der Waals surface area contributed by atoms with Gasteiger partial charge in [-0.15, -0.1) is 0 Å². The van der Waals surface area contributed by atoms with Crippen LogP contribution in [0.1, 0.15) is 48.9 Å². The summed E-state index contributed by atoms with van der Waals surface area (Å²) < 4.78 is 11.3. The standard InChI is InChI=1S/C17H23BrO3/c1-20-10-11-21-17-9-7-14(12-15(17)18)16(19)8-6-13-4-2-3-5-13/h7,9,12-13H,2-6,8,10-11H2,1H3. The second-order valence-electron chi connectivity index (χ2n) is 5.60. The molecule has 2 rings (SSSR count). The average Bonchev–Trinajstić information content (AvgIpc) is 3.00. The summed E-state index contributed by atoms with van der Waals surface area (Å²) in [5, 5.41) is 0. The predicted octanol–water partition coefficient (Wildman–Crippen LogP) is 4.63. The van der Waals surface area contributed by atoms with Gasteiger partial charge in [-0.1, -0.05) is 25.7 Å². The first-order chi connectivity index (χ1) is 10.2. The molecule has 3 nitrogen and oxygen atoms in total. The molecular weight excluding hydrogens is 332 g/mol. The maximum absolute atomic E-state index is 12.2. The van der Waals surface area contributed by atoms with Gasteiger partial charge in [0.15, 0.2) is 5.78 Å². The van der Waals surface area contributed by atoms with Gasteiger partial charge in [0.25, 0.3) is 0 Å². The smallest absolute Gasteiger partial charge is 0.162 e. The number of rotatable bonds is 8. The van der Waals surface area contributed by atoms with E-state index in [1.54, 1.807) is 7.11 Å². The van der Waals surface area contributed by atoms with Crippen LogP contribution in [0.5, 0.6) is 5.75 Å². The molecule has 0 radical (unpaired) electrons. The van der Waals surface area contributed by atoms with Crippen molar-refractivity contribution in [3.63, 3.8) is 0 Å². The molecule has 0 aliphatic heterocycles. The predicted molar refractivity (Wildman–Crippen MR) is 87.0 cm³/mol. The Morgan fingerprint density at radius 1 is 1.29 bits per heavy atom. The minimum Gasteiger partial charge on any atom is -0.490 e. The van der Waals surface area contributed by atoms with Crippen LogP contribution in [0.3, 0.4) is 0 Å². The number of halogens is 1. The zero-order valence-corrected chi connectivity index (χ0v) is 14.2. The molecule has 116 valence electrons. The molecule has 0 bridgehead atoms. The molecule has 1 aliphatic carbocycles. The molecule has 1 aromatic rings. The molecular formula is C17H23BrO3. The molecule has 4 heteroatoms. The quantitative estimate of drug-likeness (QED) is 0.504. The third-order valence-electron chi connectivity index (χ3n) is 4.05. The van der Waals surface area contributed by atoms with Crippen molar-refractivity contribution in [2.45, 2.75) is 38.5 Å². The lowest BCUT2D eigenvalue weighted by atomic mass is 9.97. The van der Waals surface area contributed by atoms with Gasteiger partial charge in [0.1, 0.15) is 12.4 Å². The minimum absolute atomic E-state index is 0.228. The number of ether oxygens (including phenoxy) is 2. The Hall–Kier alpha value is -0.870. The zero-order chi connectivity index (χ0) is 15.1. The zero-order valence-electron chi connectivity index (χ0n) is 12.6. The fraction of sp³-hybridized carbons (Fsp3) is 0.588. The van der Waals surface area contributed by atoms with E-state index in [1.165, 1.54) is 25.7 Å². The van der Waals surface area contributed by atoms with Crippen molar-refractivity contribution in [2.24, 2.45) is 5.92 Å². The summed E-state index contributed by atoms with van der Waals surface area (Å²) in [4.78, 5) is 12.2. The summed E-state index contributed by atoms with van der Waals surface area (Å²) in [6.45, 7) is 1.05. The van der Waals surface area contributed by atoms with E-state index in [2.05, 4.69) is 15.9 Å². The van der Waals surface area contributed by atoms with E-state index in [4.69, 9.17) is 9.47 Å². The van der Waals surface area contributed by atoms with Crippen LogP contribution >= 0.6 is 15.9 Å². The van der Waals surface area contributed by atoms with Crippen LogP contribution in [0.2, 0.25) is 0 Å². The lowest BCUT2D eigenvalue weighted by molar-refractivity contribution is 0.0973. The number of methoxy groups -OCH3 is 1. The van der Waals surface area contributed by atoms with Gasteiger partial charge in [0.05, 0.1) is 11.1 Å². The van der Waals surface area contributed by atoms with Crippen molar-refractivity contribution in [3.8, 4) is 5.75 Å². The van der Waals surface area contributed by atoms with Crippen molar-refractivity contribution in [1.82, 2.24) is 0 Å². The number of carbonyl (C=O) groups is 1. The number of ketones is 1. The number of hydrogen-bond acceptors (Lipinski definition) is 3. The fourth-order valence-corrected chi connectivity index (χ4v) is 3.30. The Kier molecular flexibility index (Phi) is 6.71. The molecule has 0 heterocycles. The molecule has 0 aromatic heterocycles. The second kappa shape index (κ2) is 8.54. The van der Waals surface area contributed by atoms with Gasteiger partial charge in [0, 0.05) is 19.1 Å². The molecule has 1 aliphatic rings. The van der Waals surface area contributed by atoms with E-state index in [9.17, 15) is 4.79 Å². The van der Waals surface area contributed by atoms with E-state index >= 15 is 0 Å². The van der Waals surface area contributed by atoms with Crippen LogP contribution < -0.4 is 4.74 Å². The Balaban J connectivity index is 1.87. The van der Waals surface area contributed by atoms with Gasteiger partial charge in [-0.2, -0.15) is 0 Å². The second-order valence-corrected chi connectivity index (χ2v) is 6.45. The van der Waals surface area contributed by atoms with Gasteiger partial charge in [0.2, 0.25) is 0 Å². The van der Waals surface area contributed by atoms with Crippen molar-refractivity contribution in [3.05, 3.63) is 28.2 Å². The Labute approximate surface area is 135 Å². The summed E-state index contributed by atoms with van der Waals surface area (Å²) in [6, 6.07) is 5.56. The highest BCUT2D eigenvalue weighted by atomic mass is 79.9. The Morgan fingerprint density at radius 2 is 2.05 bits per heavy atom. The van der Waals surface area contributed by atoms with E-state index in [-0.39, 0.29) is 5.78 Å². The van der Waals surface area contributed by atoms with Crippen molar-refractivity contribution in [1.29, 1.82) is 0 Å². The topological polar surface area (TPSA) is 35.5 Å². The molecule has 1 aromatic carbocycles. The van der Waals surface area contributed by atoms with Crippen LogP contribution in [-0.2, 0) is 4.74 Å². The first-order valence-corrected chi connectivity index (χ1v) is 8.44. The van der Waals surface area contributed by atoms with E-state index in [0.29, 0.717) is 19.6 Å². The lowest BCUT2D eigenvalue weighted by Gasteiger charge is -2.10. The van der Waals surface area contributed by atoms with Crippen molar-refractivity contribution >= 4 is 21.7 Å². The van der Waals surface area contributed by atoms with Crippen molar-refractivity contribution in [2.75, 3.05) is 20.3 Å². The number of hydrogen-bond donors (Lipinski definition) is 0. The number of carbonyl (C=O) groups excluding carboxylic acids is 1. The summed E-state index contributed by atoms with van der Waals surface area (Å²) in [5.74, 6) is 1.74. The molecule has 1 fully saturated rings. The SMILES string of the molecule is COCCOc1ccc(C(=O)CCC2CCCC2)cc1Br. The normalized spacial score (nSPS) is 15.3. The average molecular weight is 355 g/mol. The summed E-state index contributed by atoms with van der Waals surface area (Å²) in [7, 11) is 1.64. The molecule has 0 saturated heterocycles. The minimum atomic E-state index is 0.228. The van der Waals surface area contributed by atoms with Crippen LogP contribution in [0.25, 0.3) is 0 Å². The molecule has 1 saturated carbocycles. The molecule has 0 atom stereocenters. The van der Waals surface area contributed by atoms with Gasteiger partial charge in [-0.05, 0) is 46.5 Å². The summed E-state index contributed by atoms with van der Waals surface area (Å²) >= 11 is 3.47. The lowest BCUT2D eigenvalue weighted by Crippen LogP contribution is -2.06. The van der Waals surface area contributed by atoms with Gasteiger partial charge >= 0.3 is 0 Å². The highest BCUT2D eigenvalue weighted by Crippen LogP contribution is 2.30. The Morgan fingerprint density at radius 3 is 2.71 bits per heavy atom. The monoisotopic (exact) mass is 354 g/mol. The van der Waals surface area contributed by atoms with E-state index in [0.717, 1.165) is 28.1 Å². The highest BCUT2D eigenvalue weighted by molar-refractivity contribution is 9.10. The molecule has 0 unspecified atom stereocenters. The van der Waals surface area contributed by atoms with Crippen LogP contribution in [0, 0.1) is 5.92 Å². The molecule has 0 spiro atoms. The van der Waals surface area contributed by atoms with Crippen LogP contribution in [0.15, 0.2) is 22.7 Å². The Bertz CT molecular complexity index is 467. The fourth-order valence-electron chi connectivity index (χ4n) is 2.80. The molecule has 0 amide bonds. The van der Waals surface area contributed by atoms with E-state index in [1.807, 2.05) is 18.2 Å². The highest BCUT2D eigenvalue weighted by Gasteiger charge is 2.17. The maximum Gasteiger partial charge on any atom is 0.162 e. The number of benzene rings is 1. The summed E-state index contributed by atoms with van der Waals surface area (Å²) in [6.07, 6.45) is 6.94. The van der Waals surface area contributed by atoms with Gasteiger partial charge < -0.3 is 9.47 Å². The maximum atomic E-state index is 12.2. The first-order valence-electron chi connectivity index (χ1n) is 7.65. The van der Waals surface area contributed by atoms with Crippen molar-refractivity contribution < 1.29 is 14.3 Å². The molecule has 21 heavy (non-hydrogen) atoms. The first kappa shape index (κ1) is 16.5. The third-order valence-corrected chi connectivity index (χ3v) is 4.67. The third kappa shape index (κ3) is 5.11. The van der Waals surface area contributed by atoms with Gasteiger partial charge in [-0.25, -0.2) is 0 Å². The largest absolute Gasteiger partial charge is 0.490 e. The number of Topliss-reactive ketones (excluding diaryl/α,β-unsaturated/α-hetero) is 1. The van der Waals surface area contributed by atoms with Crippen LogP contribution in [0.4, 0.5) is 0 Å². The van der Waals surface area contributed by atoms with Crippen LogP contribution in [-0.4, -0.2) is 26.1 Å². The summed E-state index contributed by atoms with van der Waals surface area (Å²) in [5.41, 5.74) is 0.763. The van der Waals surface area contributed by atoms with E-state index < -0.39 is 0 Å². The van der Waals surface area contributed by atoms with Gasteiger partial charge in [-0.3, -0.25) is 4.79 Å².